The van der Waals surface area contributed by atoms with E-state index in [1.54, 1.807) is 4.90 Å². The van der Waals surface area contributed by atoms with Crippen LogP contribution in [0.3, 0.4) is 0 Å². The summed E-state index contributed by atoms with van der Waals surface area (Å²) in [5, 5.41) is 3.08. The fourth-order valence-electron chi connectivity index (χ4n) is 3.80. The van der Waals surface area contributed by atoms with E-state index in [1.165, 1.54) is 64.2 Å². The maximum absolute atomic E-state index is 12.1. The lowest BCUT2D eigenvalue weighted by Crippen LogP contribution is -2.40. The standard InChI is InChI=1S/C24H46N2O3/c1-5-6-7-8-9-10-11-12-13-14-15-16-17-22(27)25-21-18-19-26(20-21)23(28)29-24(2,3)4/h21H,5-20H2,1-4H3,(H,25,27)/t21-/m0/s1. The van der Waals surface area contributed by atoms with Gasteiger partial charge in [-0.15, -0.1) is 0 Å². The lowest BCUT2D eigenvalue weighted by Gasteiger charge is -2.24. The van der Waals surface area contributed by atoms with Gasteiger partial charge in [0.15, 0.2) is 0 Å². The molecule has 0 saturated carbocycles. The predicted molar refractivity (Wildman–Crippen MR) is 120 cm³/mol. The molecule has 5 nitrogen and oxygen atoms in total. The molecule has 1 N–H and O–H groups in total. The number of ether oxygens (including phenoxy) is 1. The van der Waals surface area contributed by atoms with Crippen molar-refractivity contribution in [2.45, 2.75) is 129 Å². The van der Waals surface area contributed by atoms with Gasteiger partial charge in [-0.25, -0.2) is 4.79 Å². The summed E-state index contributed by atoms with van der Waals surface area (Å²) in [7, 11) is 0. The van der Waals surface area contributed by atoms with Crippen LogP contribution in [-0.4, -0.2) is 41.6 Å². The maximum atomic E-state index is 12.1. The molecule has 29 heavy (non-hydrogen) atoms. The summed E-state index contributed by atoms with van der Waals surface area (Å²) < 4.78 is 5.40. The van der Waals surface area contributed by atoms with E-state index in [1.807, 2.05) is 20.8 Å². The second-order valence-electron chi connectivity index (χ2n) is 9.62. The molecule has 0 aliphatic carbocycles. The van der Waals surface area contributed by atoms with Gasteiger partial charge >= 0.3 is 6.09 Å². The topological polar surface area (TPSA) is 58.6 Å². The van der Waals surface area contributed by atoms with E-state index >= 15 is 0 Å². The SMILES string of the molecule is CCCCCCCCCCCCCCC(=O)N[C@H]1CCN(C(=O)OC(C)(C)C)C1. The third-order valence-electron chi connectivity index (χ3n) is 5.46. The molecule has 170 valence electrons. The Morgan fingerprint density at radius 3 is 1.93 bits per heavy atom. The van der Waals surface area contributed by atoms with Crippen molar-refractivity contribution in [1.29, 1.82) is 0 Å². The van der Waals surface area contributed by atoms with E-state index in [-0.39, 0.29) is 18.0 Å². The van der Waals surface area contributed by atoms with Crippen LogP contribution in [0.4, 0.5) is 4.79 Å². The summed E-state index contributed by atoms with van der Waals surface area (Å²) in [5.74, 6) is 0.119. The Morgan fingerprint density at radius 1 is 0.897 bits per heavy atom. The Hall–Kier alpha value is -1.26. The van der Waals surface area contributed by atoms with E-state index in [0.29, 0.717) is 19.5 Å². The van der Waals surface area contributed by atoms with Gasteiger partial charge in [0.2, 0.25) is 5.91 Å². The van der Waals surface area contributed by atoms with Crippen molar-refractivity contribution in [3.05, 3.63) is 0 Å². The Kier molecular flexibility index (Phi) is 13.0. The number of nitrogens with one attached hydrogen (secondary N) is 1. The first kappa shape index (κ1) is 25.8. The molecule has 1 atom stereocenters. The van der Waals surface area contributed by atoms with Gasteiger partial charge in [0, 0.05) is 25.6 Å². The molecule has 2 amide bonds. The van der Waals surface area contributed by atoms with Crippen LogP contribution in [-0.2, 0) is 9.53 Å². The summed E-state index contributed by atoms with van der Waals surface area (Å²) in [6.45, 7) is 9.08. The van der Waals surface area contributed by atoms with Crippen LogP contribution in [0.1, 0.15) is 118 Å². The summed E-state index contributed by atoms with van der Waals surface area (Å²) in [6.07, 6.45) is 16.7. The van der Waals surface area contributed by atoms with Gasteiger partial charge in [-0.3, -0.25) is 4.79 Å². The summed E-state index contributed by atoms with van der Waals surface area (Å²) >= 11 is 0. The second kappa shape index (κ2) is 14.7. The van der Waals surface area contributed by atoms with Gasteiger partial charge in [0.05, 0.1) is 0 Å². The number of carbonyl (C=O) groups is 2. The van der Waals surface area contributed by atoms with Crippen LogP contribution >= 0.6 is 0 Å². The van der Waals surface area contributed by atoms with Gasteiger partial charge in [0.25, 0.3) is 0 Å². The lowest BCUT2D eigenvalue weighted by molar-refractivity contribution is -0.121. The fourth-order valence-corrected chi connectivity index (χ4v) is 3.80. The predicted octanol–water partition coefficient (Wildman–Crippen LogP) is 6.20. The maximum Gasteiger partial charge on any atom is 0.410 e. The summed E-state index contributed by atoms with van der Waals surface area (Å²) in [5.41, 5.74) is -0.479. The zero-order valence-corrected chi connectivity index (χ0v) is 19.6. The lowest BCUT2D eigenvalue weighted by atomic mass is 10.0. The molecule has 0 aromatic rings. The first-order chi connectivity index (χ1) is 13.8. The first-order valence-corrected chi connectivity index (χ1v) is 12.1. The van der Waals surface area contributed by atoms with Crippen molar-refractivity contribution in [3.63, 3.8) is 0 Å². The number of rotatable bonds is 14. The minimum atomic E-state index is -0.479. The number of carbonyl (C=O) groups excluding carboxylic acids is 2. The molecule has 1 rings (SSSR count). The molecular weight excluding hydrogens is 364 g/mol. The number of nitrogens with zero attached hydrogens (tertiary/aromatic N) is 1. The smallest absolute Gasteiger partial charge is 0.410 e. The molecule has 1 fully saturated rings. The van der Waals surface area contributed by atoms with Gasteiger partial charge < -0.3 is 15.0 Å². The number of hydrogen-bond acceptors (Lipinski definition) is 3. The quantitative estimate of drug-likeness (QED) is 0.347. The molecule has 0 unspecified atom stereocenters. The van der Waals surface area contributed by atoms with Gasteiger partial charge in [-0.1, -0.05) is 77.6 Å². The number of likely N-dealkylation sites (tertiary alicyclic amines) is 1. The highest BCUT2D eigenvalue weighted by atomic mass is 16.6. The Balaban J connectivity index is 1.96. The average molecular weight is 411 g/mol. The van der Waals surface area contributed by atoms with Crippen LogP contribution < -0.4 is 5.32 Å². The molecule has 1 aliphatic heterocycles. The molecular formula is C24H46N2O3. The van der Waals surface area contributed by atoms with Crippen molar-refractivity contribution in [2.75, 3.05) is 13.1 Å². The van der Waals surface area contributed by atoms with Crippen molar-refractivity contribution in [3.8, 4) is 0 Å². The van der Waals surface area contributed by atoms with Crippen LogP contribution in [0, 0.1) is 0 Å². The van der Waals surface area contributed by atoms with Crippen LogP contribution in [0.2, 0.25) is 0 Å². The highest BCUT2D eigenvalue weighted by Gasteiger charge is 2.30. The van der Waals surface area contributed by atoms with Crippen LogP contribution in [0.25, 0.3) is 0 Å². The normalized spacial score (nSPS) is 16.8. The van der Waals surface area contributed by atoms with Crippen LogP contribution in [0.15, 0.2) is 0 Å². The Labute approximate surface area is 179 Å². The third kappa shape index (κ3) is 13.6. The molecule has 0 aromatic carbocycles. The van der Waals surface area contributed by atoms with Crippen molar-refractivity contribution in [1.82, 2.24) is 10.2 Å². The highest BCUT2D eigenvalue weighted by molar-refractivity contribution is 5.76. The molecule has 0 radical (unpaired) electrons. The van der Waals surface area contributed by atoms with Crippen LogP contribution in [0.5, 0.6) is 0 Å². The molecule has 1 saturated heterocycles. The highest BCUT2D eigenvalue weighted by Crippen LogP contribution is 2.16. The largest absolute Gasteiger partial charge is 0.444 e. The number of hydrogen-bond donors (Lipinski definition) is 1. The van der Waals surface area contributed by atoms with Crippen molar-refractivity contribution in [2.24, 2.45) is 0 Å². The molecule has 0 aromatic heterocycles. The van der Waals surface area contributed by atoms with E-state index in [0.717, 1.165) is 19.3 Å². The van der Waals surface area contributed by atoms with Crippen molar-refractivity contribution < 1.29 is 14.3 Å². The molecule has 1 heterocycles. The molecule has 1 aliphatic rings. The van der Waals surface area contributed by atoms with E-state index < -0.39 is 5.60 Å². The molecule has 0 spiro atoms. The fraction of sp³-hybridized carbons (Fsp3) is 0.917. The zero-order chi connectivity index (χ0) is 21.5. The third-order valence-corrected chi connectivity index (χ3v) is 5.46. The minimum Gasteiger partial charge on any atom is -0.444 e. The summed E-state index contributed by atoms with van der Waals surface area (Å²) in [4.78, 5) is 25.9. The minimum absolute atomic E-state index is 0.0624. The Bertz CT molecular complexity index is 460. The molecule has 5 heteroatoms. The zero-order valence-electron chi connectivity index (χ0n) is 19.6. The van der Waals surface area contributed by atoms with Gasteiger partial charge in [0.1, 0.15) is 5.60 Å². The molecule has 0 bridgehead atoms. The van der Waals surface area contributed by atoms with E-state index in [9.17, 15) is 9.59 Å². The van der Waals surface area contributed by atoms with E-state index in [2.05, 4.69) is 12.2 Å². The monoisotopic (exact) mass is 410 g/mol. The van der Waals surface area contributed by atoms with E-state index in [4.69, 9.17) is 4.74 Å². The number of amides is 2. The summed E-state index contributed by atoms with van der Waals surface area (Å²) in [6, 6.07) is 0.0624. The average Bonchev–Trinajstić information content (AvgIpc) is 3.10. The first-order valence-electron chi connectivity index (χ1n) is 12.1. The van der Waals surface area contributed by atoms with Gasteiger partial charge in [-0.2, -0.15) is 0 Å². The van der Waals surface area contributed by atoms with Crippen molar-refractivity contribution >= 4 is 12.0 Å². The number of unbranched alkanes of at least 4 members (excludes halogenated alkanes) is 11. The second-order valence-corrected chi connectivity index (χ2v) is 9.62. The Morgan fingerprint density at radius 2 is 1.41 bits per heavy atom. The van der Waals surface area contributed by atoms with Gasteiger partial charge in [-0.05, 0) is 33.6 Å².